The molecule has 1 atom stereocenters. The van der Waals surface area contributed by atoms with Crippen molar-refractivity contribution in [2.75, 3.05) is 41.3 Å². The highest BCUT2D eigenvalue weighted by Gasteiger charge is 2.43. The first-order chi connectivity index (χ1) is 14.4. The topological polar surface area (TPSA) is 73.0 Å². The molecule has 2 aliphatic rings. The van der Waals surface area contributed by atoms with E-state index in [1.54, 1.807) is 42.5 Å². The molecule has 0 spiro atoms. The average molecular weight is 410 g/mol. The Balaban J connectivity index is 1.42. The zero-order valence-corrected chi connectivity index (χ0v) is 16.7. The summed E-state index contributed by atoms with van der Waals surface area (Å²) in [5, 5.41) is 2.66. The third-order valence-electron chi connectivity index (χ3n) is 5.52. The number of carbonyl (C=O) groups is 3. The van der Waals surface area contributed by atoms with Crippen molar-refractivity contribution in [3.63, 3.8) is 0 Å². The fourth-order valence-electron chi connectivity index (χ4n) is 4.05. The van der Waals surface area contributed by atoms with Gasteiger partial charge in [-0.2, -0.15) is 0 Å². The second kappa shape index (κ2) is 8.23. The van der Waals surface area contributed by atoms with Gasteiger partial charge in [-0.1, -0.05) is 12.1 Å². The summed E-state index contributed by atoms with van der Waals surface area (Å²) >= 11 is 0. The van der Waals surface area contributed by atoms with E-state index in [2.05, 4.69) is 5.32 Å². The van der Waals surface area contributed by atoms with Crippen LogP contribution in [0.1, 0.15) is 13.3 Å². The van der Waals surface area contributed by atoms with E-state index in [-0.39, 0.29) is 30.0 Å². The van der Waals surface area contributed by atoms with Gasteiger partial charge < -0.3 is 10.2 Å². The number of benzene rings is 2. The molecule has 2 aromatic rings. The Morgan fingerprint density at radius 1 is 1.00 bits per heavy atom. The summed E-state index contributed by atoms with van der Waals surface area (Å²) in [5.74, 6) is -0.932. The fraction of sp³-hybridized carbons (Fsp3) is 0.318. The lowest BCUT2D eigenvalue weighted by molar-refractivity contribution is -0.123. The first-order valence-corrected chi connectivity index (χ1v) is 9.92. The number of hydrogen-bond acceptors (Lipinski definition) is 5. The number of carbonyl (C=O) groups excluding carboxylic acids is 3. The van der Waals surface area contributed by atoms with Crippen molar-refractivity contribution in [1.29, 1.82) is 0 Å². The predicted octanol–water partition coefficient (Wildman–Crippen LogP) is 2.24. The van der Waals surface area contributed by atoms with Gasteiger partial charge in [-0.25, -0.2) is 9.29 Å². The Labute approximate surface area is 174 Å². The predicted molar refractivity (Wildman–Crippen MR) is 112 cm³/mol. The molecule has 8 heteroatoms. The Hall–Kier alpha value is -3.26. The molecule has 30 heavy (non-hydrogen) atoms. The smallest absolute Gasteiger partial charge is 0.251 e. The van der Waals surface area contributed by atoms with Crippen molar-refractivity contribution >= 4 is 34.8 Å². The van der Waals surface area contributed by atoms with Crippen LogP contribution in [0, 0.1) is 5.82 Å². The van der Waals surface area contributed by atoms with Crippen molar-refractivity contribution in [2.24, 2.45) is 0 Å². The van der Waals surface area contributed by atoms with Gasteiger partial charge in [-0.3, -0.25) is 19.3 Å². The Morgan fingerprint density at radius 2 is 1.67 bits per heavy atom. The molecule has 2 aliphatic heterocycles. The van der Waals surface area contributed by atoms with Crippen molar-refractivity contribution in [3.8, 4) is 0 Å². The van der Waals surface area contributed by atoms with Crippen LogP contribution in [-0.2, 0) is 14.4 Å². The fourth-order valence-corrected chi connectivity index (χ4v) is 4.05. The summed E-state index contributed by atoms with van der Waals surface area (Å²) in [7, 11) is 0. The molecule has 156 valence electrons. The number of para-hydroxylation sites is 1. The van der Waals surface area contributed by atoms with E-state index in [9.17, 15) is 18.8 Å². The van der Waals surface area contributed by atoms with Gasteiger partial charge in [0.2, 0.25) is 11.8 Å². The third kappa shape index (κ3) is 3.91. The van der Waals surface area contributed by atoms with Crippen LogP contribution in [0.25, 0.3) is 0 Å². The lowest BCUT2D eigenvalue weighted by Gasteiger charge is -2.38. The number of hydrogen-bond donors (Lipinski definition) is 1. The molecule has 0 aromatic heterocycles. The molecule has 3 amide bonds. The van der Waals surface area contributed by atoms with Gasteiger partial charge in [-0.05, 0) is 36.4 Å². The Morgan fingerprint density at radius 3 is 2.30 bits per heavy atom. The minimum Gasteiger partial charge on any atom is -0.367 e. The number of piperazine rings is 1. The maximum atomic E-state index is 14.0. The monoisotopic (exact) mass is 410 g/mol. The van der Waals surface area contributed by atoms with Crippen LogP contribution < -0.4 is 15.1 Å². The van der Waals surface area contributed by atoms with Gasteiger partial charge in [0, 0.05) is 38.8 Å². The van der Waals surface area contributed by atoms with E-state index in [0.29, 0.717) is 43.2 Å². The second-order valence-corrected chi connectivity index (χ2v) is 7.49. The average Bonchev–Trinajstić information content (AvgIpc) is 3.03. The molecule has 0 unspecified atom stereocenters. The zero-order valence-electron chi connectivity index (χ0n) is 16.7. The summed E-state index contributed by atoms with van der Waals surface area (Å²) in [6.45, 7) is 3.74. The largest absolute Gasteiger partial charge is 0.367 e. The van der Waals surface area contributed by atoms with E-state index in [0.717, 1.165) is 0 Å². The van der Waals surface area contributed by atoms with Crippen molar-refractivity contribution in [2.45, 2.75) is 19.4 Å². The number of nitrogens with one attached hydrogen (secondary N) is 1. The molecule has 0 aliphatic carbocycles. The molecule has 2 saturated heterocycles. The summed E-state index contributed by atoms with van der Waals surface area (Å²) in [5.41, 5.74) is 1.66. The molecule has 1 N–H and O–H groups in total. The maximum absolute atomic E-state index is 14.0. The normalized spacial score (nSPS) is 20.0. The van der Waals surface area contributed by atoms with Crippen LogP contribution in [0.3, 0.4) is 0 Å². The van der Waals surface area contributed by atoms with Crippen LogP contribution >= 0.6 is 0 Å². The minimum absolute atomic E-state index is 0.131. The van der Waals surface area contributed by atoms with E-state index in [1.807, 2.05) is 9.80 Å². The van der Waals surface area contributed by atoms with Crippen molar-refractivity contribution in [3.05, 3.63) is 54.3 Å². The van der Waals surface area contributed by atoms with E-state index < -0.39 is 6.04 Å². The van der Waals surface area contributed by atoms with E-state index in [4.69, 9.17) is 0 Å². The molecular weight excluding hydrogens is 387 g/mol. The lowest BCUT2D eigenvalue weighted by atomic mass is 10.1. The molecule has 2 heterocycles. The number of amides is 3. The van der Waals surface area contributed by atoms with Crippen molar-refractivity contribution < 1.29 is 18.8 Å². The highest BCUT2D eigenvalue weighted by Crippen LogP contribution is 2.28. The first kappa shape index (κ1) is 20.0. The number of anilines is 3. The minimum atomic E-state index is -0.504. The van der Waals surface area contributed by atoms with E-state index >= 15 is 0 Å². The summed E-state index contributed by atoms with van der Waals surface area (Å²) in [6.07, 6.45) is 0.131. The third-order valence-corrected chi connectivity index (χ3v) is 5.52. The molecular formula is C22H23FN4O3. The van der Waals surface area contributed by atoms with Crippen LogP contribution in [0.5, 0.6) is 0 Å². The number of rotatable bonds is 4. The molecule has 0 radical (unpaired) electrons. The molecule has 2 aromatic carbocycles. The Kier molecular flexibility index (Phi) is 5.50. The molecule has 4 rings (SSSR count). The Bertz CT molecular complexity index is 971. The number of imide groups is 1. The SMILES string of the molecule is CC(=O)Nc1ccc(N2C(=O)C[C@H](N3CCN(c4ccccc4F)CC3)C2=O)cc1. The van der Waals surface area contributed by atoms with Gasteiger partial charge in [0.25, 0.3) is 5.91 Å². The molecule has 2 fully saturated rings. The number of halogens is 1. The van der Waals surface area contributed by atoms with Gasteiger partial charge >= 0.3 is 0 Å². The standard InChI is InChI=1S/C22H23FN4O3/c1-15(28)24-16-6-8-17(9-7-16)27-21(29)14-20(22(27)30)26-12-10-25(11-13-26)19-5-3-2-4-18(19)23/h2-9,20H,10-14H2,1H3,(H,24,28)/t20-/m0/s1. The first-order valence-electron chi connectivity index (χ1n) is 9.92. The molecule has 0 bridgehead atoms. The van der Waals surface area contributed by atoms with Gasteiger partial charge in [0.1, 0.15) is 5.82 Å². The van der Waals surface area contributed by atoms with Gasteiger partial charge in [0.05, 0.1) is 23.8 Å². The van der Waals surface area contributed by atoms with Gasteiger partial charge in [-0.15, -0.1) is 0 Å². The van der Waals surface area contributed by atoms with E-state index in [1.165, 1.54) is 17.9 Å². The zero-order chi connectivity index (χ0) is 21.3. The van der Waals surface area contributed by atoms with Gasteiger partial charge in [0.15, 0.2) is 0 Å². The summed E-state index contributed by atoms with van der Waals surface area (Å²) < 4.78 is 14.0. The highest BCUT2D eigenvalue weighted by atomic mass is 19.1. The van der Waals surface area contributed by atoms with Crippen LogP contribution in [0.15, 0.2) is 48.5 Å². The van der Waals surface area contributed by atoms with Crippen LogP contribution in [-0.4, -0.2) is 54.8 Å². The molecule has 7 nitrogen and oxygen atoms in total. The summed E-state index contributed by atoms with van der Waals surface area (Å²) in [4.78, 5) is 41.9. The van der Waals surface area contributed by atoms with Crippen LogP contribution in [0.2, 0.25) is 0 Å². The molecule has 0 saturated carbocycles. The van der Waals surface area contributed by atoms with Crippen LogP contribution in [0.4, 0.5) is 21.5 Å². The second-order valence-electron chi connectivity index (χ2n) is 7.49. The lowest BCUT2D eigenvalue weighted by Crippen LogP contribution is -2.52. The quantitative estimate of drug-likeness (QED) is 0.783. The highest BCUT2D eigenvalue weighted by molar-refractivity contribution is 6.22. The number of nitrogens with zero attached hydrogens (tertiary/aromatic N) is 3. The van der Waals surface area contributed by atoms with Crippen molar-refractivity contribution in [1.82, 2.24) is 4.90 Å². The summed E-state index contributed by atoms with van der Waals surface area (Å²) in [6, 6.07) is 12.8. The maximum Gasteiger partial charge on any atom is 0.251 e.